The molecule has 10 heteroatoms. The fourth-order valence-electron chi connectivity index (χ4n) is 9.59. The van der Waals surface area contributed by atoms with Crippen molar-refractivity contribution in [1.82, 2.24) is 15.3 Å². The molecule has 5 fully saturated rings. The van der Waals surface area contributed by atoms with Crippen molar-refractivity contribution in [3.63, 3.8) is 0 Å². The van der Waals surface area contributed by atoms with E-state index in [1.807, 2.05) is 0 Å². The molecule has 0 unspecified atom stereocenters. The first-order valence-electron chi connectivity index (χ1n) is 15.4. The number of aromatic amines is 1. The van der Waals surface area contributed by atoms with Crippen LogP contribution in [0.1, 0.15) is 77.3 Å². The summed E-state index contributed by atoms with van der Waals surface area (Å²) < 4.78 is 12.3. The van der Waals surface area contributed by atoms with E-state index >= 15 is 0 Å². The minimum absolute atomic E-state index is 0.0789. The van der Waals surface area contributed by atoms with Gasteiger partial charge in [0.25, 0.3) is 5.91 Å². The number of nitrogens with zero attached hydrogens (tertiary/aromatic N) is 1. The number of nitrogens with one attached hydrogen (secondary N) is 2. The fourth-order valence-corrected chi connectivity index (χ4v) is 9.59. The molecule has 0 aromatic carbocycles. The average molecular weight is 562 g/mol. The van der Waals surface area contributed by atoms with Crippen molar-refractivity contribution >= 4 is 5.91 Å². The summed E-state index contributed by atoms with van der Waals surface area (Å²) in [5, 5.41) is 45.0. The second kappa shape index (κ2) is 10.9. The third kappa shape index (κ3) is 4.82. The van der Waals surface area contributed by atoms with Gasteiger partial charge < -0.3 is 40.2 Å². The van der Waals surface area contributed by atoms with Crippen LogP contribution in [0.4, 0.5) is 0 Å². The summed E-state index contributed by atoms with van der Waals surface area (Å²) in [7, 11) is 0. The molecule has 1 aromatic heterocycles. The highest BCUT2D eigenvalue weighted by atomic mass is 16.7. The fraction of sp³-hybridized carbons (Fsp3) is 0.867. The molecule has 40 heavy (non-hydrogen) atoms. The summed E-state index contributed by atoms with van der Waals surface area (Å²) >= 11 is 0. The monoisotopic (exact) mass is 561 g/mol. The van der Waals surface area contributed by atoms with Gasteiger partial charge in [-0.25, -0.2) is 4.98 Å². The summed E-state index contributed by atoms with van der Waals surface area (Å²) in [5.41, 5.74) is 1.08. The van der Waals surface area contributed by atoms with Crippen molar-refractivity contribution in [2.75, 3.05) is 6.54 Å². The van der Waals surface area contributed by atoms with E-state index in [4.69, 9.17) is 9.47 Å². The summed E-state index contributed by atoms with van der Waals surface area (Å²) in [6.45, 7) is 5.09. The molecule has 6 rings (SSSR count). The van der Waals surface area contributed by atoms with Crippen LogP contribution < -0.4 is 5.32 Å². The number of H-pyrrole nitrogens is 1. The van der Waals surface area contributed by atoms with Crippen LogP contribution in [-0.2, 0) is 20.7 Å². The number of ether oxygens (including phenoxy) is 2. The largest absolute Gasteiger partial charge is 0.393 e. The highest BCUT2D eigenvalue weighted by Gasteiger charge is 2.61. The van der Waals surface area contributed by atoms with E-state index < -0.39 is 36.6 Å². The first-order chi connectivity index (χ1) is 19.1. The van der Waals surface area contributed by atoms with Crippen molar-refractivity contribution in [2.45, 2.75) is 121 Å². The standard InChI is InChI=1S/C30H47N3O7/c1-29-10-7-18(34)13-16(29)3-4-19-20-5-6-22(30(20,2)11-8-21(19)29)39-28-25(37)23(35)24(36)26(40-28)27(38)32-12-9-17-14-31-15-33-17/h14-16,18-26,28,34-37H,3-13H2,1-2H3,(H,31,33)(H,32,38)/t16-,18+,19-,20-,21-,22-,23-,24-,25+,26-,28+,29-,30-/m0/s1. The number of carbonyl (C=O) groups is 1. The lowest BCUT2D eigenvalue weighted by Crippen LogP contribution is -2.63. The number of amides is 1. The molecule has 6 N–H and O–H groups in total. The Morgan fingerprint density at radius 2 is 1.80 bits per heavy atom. The minimum atomic E-state index is -1.56. The van der Waals surface area contributed by atoms with E-state index in [1.165, 1.54) is 12.8 Å². The lowest BCUT2D eigenvalue weighted by molar-refractivity contribution is -0.310. The van der Waals surface area contributed by atoms with Crippen LogP contribution in [0.5, 0.6) is 0 Å². The molecule has 1 aromatic rings. The zero-order chi connectivity index (χ0) is 28.2. The molecule has 1 amide bonds. The van der Waals surface area contributed by atoms with Gasteiger partial charge in [0.2, 0.25) is 0 Å². The summed E-state index contributed by atoms with van der Waals surface area (Å²) in [6, 6.07) is 0. The maximum Gasteiger partial charge on any atom is 0.252 e. The van der Waals surface area contributed by atoms with E-state index in [2.05, 4.69) is 29.1 Å². The maximum atomic E-state index is 12.9. The van der Waals surface area contributed by atoms with Gasteiger partial charge >= 0.3 is 0 Å². The lowest BCUT2D eigenvalue weighted by atomic mass is 9.45. The normalized spacial score (nSPS) is 48.6. The van der Waals surface area contributed by atoms with Crippen molar-refractivity contribution in [3.8, 4) is 0 Å². The number of carbonyl (C=O) groups excluding carboxylic acids is 1. The van der Waals surface area contributed by atoms with E-state index in [9.17, 15) is 25.2 Å². The van der Waals surface area contributed by atoms with Gasteiger partial charge in [-0.1, -0.05) is 13.8 Å². The van der Waals surface area contributed by atoms with E-state index in [-0.39, 0.29) is 17.6 Å². The molecular formula is C30H47N3O7. The molecular weight excluding hydrogens is 514 g/mol. The van der Waals surface area contributed by atoms with E-state index in [0.29, 0.717) is 42.1 Å². The highest BCUT2D eigenvalue weighted by Crippen LogP contribution is 2.66. The van der Waals surface area contributed by atoms with E-state index in [0.717, 1.165) is 50.6 Å². The molecule has 4 saturated carbocycles. The van der Waals surface area contributed by atoms with Crippen LogP contribution in [-0.4, -0.2) is 85.8 Å². The second-order valence-corrected chi connectivity index (χ2v) is 13.8. The Morgan fingerprint density at radius 3 is 2.58 bits per heavy atom. The van der Waals surface area contributed by atoms with Crippen molar-refractivity contribution < 1.29 is 34.7 Å². The van der Waals surface area contributed by atoms with Crippen LogP contribution in [0.3, 0.4) is 0 Å². The molecule has 4 aliphatic carbocycles. The number of hydrogen-bond donors (Lipinski definition) is 6. The number of rotatable bonds is 6. The first kappa shape index (κ1) is 28.6. The van der Waals surface area contributed by atoms with E-state index in [1.54, 1.807) is 12.5 Å². The molecule has 1 saturated heterocycles. The second-order valence-electron chi connectivity index (χ2n) is 13.8. The topological polar surface area (TPSA) is 157 Å². The Labute approximate surface area is 236 Å². The first-order valence-corrected chi connectivity index (χ1v) is 15.4. The Hall–Kier alpha value is -1.56. The molecule has 0 spiro atoms. The Morgan fingerprint density at radius 1 is 1.02 bits per heavy atom. The SMILES string of the molecule is C[C@]12CC[C@@H](O)C[C@@H]1CC[C@@H]1[C@@H]2CC[C@]2(C)[C@@H](O[C@@H]3O[C@H](C(=O)NCCc4cnc[nH]4)[C@@H](O)[C@H](O)[C@H]3O)CC[C@@H]12. The third-order valence-corrected chi connectivity index (χ3v) is 11.9. The van der Waals surface area contributed by atoms with Crippen molar-refractivity contribution in [1.29, 1.82) is 0 Å². The Kier molecular flexibility index (Phi) is 7.80. The van der Waals surface area contributed by atoms with Crippen LogP contribution in [0.2, 0.25) is 0 Å². The van der Waals surface area contributed by atoms with Gasteiger partial charge in [-0.3, -0.25) is 4.79 Å². The van der Waals surface area contributed by atoms with Gasteiger partial charge in [-0.15, -0.1) is 0 Å². The molecule has 5 aliphatic rings. The number of imidazole rings is 1. The zero-order valence-electron chi connectivity index (χ0n) is 23.7. The molecule has 2 heterocycles. The van der Waals surface area contributed by atoms with Gasteiger partial charge in [-0.2, -0.15) is 0 Å². The van der Waals surface area contributed by atoms with Crippen LogP contribution in [0.25, 0.3) is 0 Å². The minimum Gasteiger partial charge on any atom is -0.393 e. The average Bonchev–Trinajstić information content (AvgIpc) is 3.57. The van der Waals surface area contributed by atoms with Gasteiger partial charge in [-0.05, 0) is 92.3 Å². The van der Waals surface area contributed by atoms with Crippen LogP contribution in [0, 0.1) is 34.5 Å². The number of aromatic nitrogens is 2. The molecule has 224 valence electrons. The predicted octanol–water partition coefficient (Wildman–Crippen LogP) is 1.66. The summed E-state index contributed by atoms with van der Waals surface area (Å²) in [5.74, 6) is 1.86. The number of aliphatic hydroxyl groups excluding tert-OH is 4. The van der Waals surface area contributed by atoms with Crippen LogP contribution >= 0.6 is 0 Å². The third-order valence-electron chi connectivity index (χ3n) is 11.9. The summed E-state index contributed by atoms with van der Waals surface area (Å²) in [6.07, 6.45) is 5.74. The molecule has 0 bridgehead atoms. The van der Waals surface area contributed by atoms with Gasteiger partial charge in [0, 0.05) is 24.9 Å². The molecule has 13 atom stereocenters. The smallest absolute Gasteiger partial charge is 0.252 e. The molecule has 1 aliphatic heterocycles. The summed E-state index contributed by atoms with van der Waals surface area (Å²) in [4.78, 5) is 19.8. The van der Waals surface area contributed by atoms with Crippen LogP contribution in [0.15, 0.2) is 12.5 Å². The lowest BCUT2D eigenvalue weighted by Gasteiger charge is -2.61. The maximum absolute atomic E-state index is 12.9. The quantitative estimate of drug-likeness (QED) is 0.306. The zero-order valence-corrected chi connectivity index (χ0v) is 23.7. The Balaban J connectivity index is 1.11. The highest BCUT2D eigenvalue weighted by molar-refractivity contribution is 5.81. The Bertz CT molecular complexity index is 1040. The van der Waals surface area contributed by atoms with Gasteiger partial charge in [0.05, 0.1) is 18.5 Å². The molecule has 0 radical (unpaired) electrons. The number of aliphatic hydroxyl groups is 4. The van der Waals surface area contributed by atoms with Crippen molar-refractivity contribution in [2.24, 2.45) is 34.5 Å². The van der Waals surface area contributed by atoms with Crippen molar-refractivity contribution in [3.05, 3.63) is 18.2 Å². The van der Waals surface area contributed by atoms with Gasteiger partial charge in [0.1, 0.15) is 18.3 Å². The van der Waals surface area contributed by atoms with Gasteiger partial charge in [0.15, 0.2) is 12.4 Å². The number of fused-ring (bicyclic) bond motifs is 5. The predicted molar refractivity (Wildman–Crippen MR) is 145 cm³/mol. The number of hydrogen-bond acceptors (Lipinski definition) is 8. The molecule has 10 nitrogen and oxygen atoms in total.